The number of alkyl halides is 3. The molecule has 1 aliphatic heterocycles. The number of nitrogens with zero attached hydrogens (tertiary/aromatic N) is 5. The summed E-state index contributed by atoms with van der Waals surface area (Å²) in [6.45, 7) is 3.27. The standard InChI is InChI=1S/C34H37F4N7O7S/c1-22(44(28-15-14-25(51-2)21-29(28)52-3)33(48)39-24-12-10-23(35)11-13-24)31-40-27-8-5-4-7-26(27)32(47)45(31)43-19-17-42(18-20-43)16-6-9-30(46)41-53(49,50)34(36,37)38/h4-5,7-8,10-15,21-22H,6,9,16-20H2,1-3H3,(H,39,48)(H,41,46). The number of carbonyl (C=O) groups excluding carboxylic acids is 2. The monoisotopic (exact) mass is 763 g/mol. The smallest absolute Gasteiger partial charge is 0.497 e. The SMILES string of the molecule is COc1ccc(N(C(=O)Nc2ccc(F)cc2)C(C)c2nc3ccccc3c(=O)n2N2CCN(CCCC(=O)NS(=O)(=O)C(F)(F)F)CC2)c(OC)c1. The van der Waals surface area contributed by atoms with Crippen molar-refractivity contribution in [3.05, 3.63) is 88.7 Å². The highest BCUT2D eigenvalue weighted by molar-refractivity contribution is 7.90. The first-order valence-electron chi connectivity index (χ1n) is 16.3. The number of aromatic nitrogens is 2. The minimum atomic E-state index is -5.79. The molecule has 284 valence electrons. The predicted molar refractivity (Wildman–Crippen MR) is 189 cm³/mol. The zero-order valence-electron chi connectivity index (χ0n) is 28.9. The van der Waals surface area contributed by atoms with E-state index in [-0.39, 0.29) is 37.6 Å². The van der Waals surface area contributed by atoms with E-state index in [9.17, 15) is 40.4 Å². The molecule has 2 heterocycles. The molecule has 3 amide bonds. The molecule has 2 N–H and O–H groups in total. The number of carbonyl (C=O) groups is 2. The van der Waals surface area contributed by atoms with E-state index < -0.39 is 51.3 Å². The van der Waals surface area contributed by atoms with Crippen molar-refractivity contribution >= 4 is 44.2 Å². The van der Waals surface area contributed by atoms with E-state index in [1.807, 2.05) is 4.90 Å². The Kier molecular flexibility index (Phi) is 11.8. The van der Waals surface area contributed by atoms with E-state index in [0.717, 1.165) is 4.72 Å². The van der Waals surface area contributed by atoms with E-state index in [2.05, 4.69) is 5.32 Å². The Bertz CT molecular complexity index is 2120. The number of piperazine rings is 1. The van der Waals surface area contributed by atoms with Gasteiger partial charge >= 0.3 is 21.6 Å². The highest BCUT2D eigenvalue weighted by atomic mass is 32.2. The van der Waals surface area contributed by atoms with E-state index in [1.54, 1.807) is 54.4 Å². The Labute approximate surface area is 301 Å². The summed E-state index contributed by atoms with van der Waals surface area (Å²) in [5.41, 5.74) is -4.99. The number of ether oxygens (including phenoxy) is 2. The van der Waals surface area contributed by atoms with Gasteiger partial charge in [-0.15, -0.1) is 0 Å². The number of halogens is 4. The molecule has 4 aromatic rings. The van der Waals surface area contributed by atoms with Crippen LogP contribution >= 0.6 is 0 Å². The second-order valence-corrected chi connectivity index (χ2v) is 13.7. The van der Waals surface area contributed by atoms with Crippen molar-refractivity contribution in [1.82, 2.24) is 19.3 Å². The van der Waals surface area contributed by atoms with Crippen molar-refractivity contribution < 1.29 is 45.0 Å². The Balaban J connectivity index is 1.44. The zero-order valence-corrected chi connectivity index (χ0v) is 29.7. The molecule has 1 atom stereocenters. The molecule has 5 rings (SSSR count). The van der Waals surface area contributed by atoms with Crippen LogP contribution in [0.25, 0.3) is 10.9 Å². The molecule has 0 spiro atoms. The van der Waals surface area contributed by atoms with Crippen LogP contribution in [0.4, 0.5) is 33.7 Å². The van der Waals surface area contributed by atoms with Gasteiger partial charge in [0.25, 0.3) is 5.56 Å². The van der Waals surface area contributed by atoms with Crippen LogP contribution in [0.3, 0.4) is 0 Å². The van der Waals surface area contributed by atoms with Crippen LogP contribution in [0.1, 0.15) is 31.6 Å². The molecular weight excluding hydrogens is 726 g/mol. The molecule has 19 heteroatoms. The highest BCUT2D eigenvalue weighted by Crippen LogP contribution is 2.37. The Morgan fingerprint density at radius 3 is 2.30 bits per heavy atom. The average Bonchev–Trinajstić information content (AvgIpc) is 3.12. The molecule has 14 nitrogen and oxygen atoms in total. The number of anilines is 2. The highest BCUT2D eigenvalue weighted by Gasteiger charge is 2.46. The number of urea groups is 1. The van der Waals surface area contributed by atoms with E-state index >= 15 is 0 Å². The molecule has 1 aliphatic rings. The molecule has 3 aromatic carbocycles. The number of rotatable bonds is 12. The molecule has 1 fully saturated rings. The summed E-state index contributed by atoms with van der Waals surface area (Å²) in [5.74, 6) is -0.815. The minimum absolute atomic E-state index is 0.0841. The summed E-state index contributed by atoms with van der Waals surface area (Å²) in [6, 6.07) is 15.3. The van der Waals surface area contributed by atoms with Crippen molar-refractivity contribution in [1.29, 1.82) is 0 Å². The second-order valence-electron chi connectivity index (χ2n) is 12.0. The fourth-order valence-corrected chi connectivity index (χ4v) is 6.40. The summed E-state index contributed by atoms with van der Waals surface area (Å²) < 4.78 is 87.5. The van der Waals surface area contributed by atoms with Gasteiger partial charge in [0.1, 0.15) is 17.3 Å². The number of sulfonamides is 1. The quantitative estimate of drug-likeness (QED) is 0.199. The first-order chi connectivity index (χ1) is 25.1. The number of amides is 3. The Morgan fingerprint density at radius 1 is 0.981 bits per heavy atom. The third-order valence-electron chi connectivity index (χ3n) is 8.56. The third-order valence-corrected chi connectivity index (χ3v) is 9.67. The van der Waals surface area contributed by atoms with Crippen molar-refractivity contribution in [2.24, 2.45) is 0 Å². The van der Waals surface area contributed by atoms with Crippen molar-refractivity contribution in [3.8, 4) is 11.5 Å². The van der Waals surface area contributed by atoms with Crippen LogP contribution in [0, 0.1) is 5.82 Å². The number of hydrogen-bond donors (Lipinski definition) is 2. The maximum absolute atomic E-state index is 14.2. The first-order valence-corrected chi connectivity index (χ1v) is 17.8. The number of fused-ring (bicyclic) bond motifs is 1. The molecule has 1 unspecified atom stereocenters. The predicted octanol–water partition coefficient (Wildman–Crippen LogP) is 4.35. The normalized spacial score (nSPS) is 14.4. The van der Waals surface area contributed by atoms with Gasteiger partial charge in [0.15, 0.2) is 5.82 Å². The summed E-state index contributed by atoms with van der Waals surface area (Å²) in [5, 5.41) is 4.88. The lowest BCUT2D eigenvalue weighted by Gasteiger charge is -2.39. The number of benzene rings is 3. The maximum atomic E-state index is 14.2. The van der Waals surface area contributed by atoms with Gasteiger partial charge in [-0.2, -0.15) is 21.6 Å². The van der Waals surface area contributed by atoms with Gasteiger partial charge in [0.05, 0.1) is 36.9 Å². The van der Waals surface area contributed by atoms with Gasteiger partial charge in [-0.3, -0.25) is 19.4 Å². The van der Waals surface area contributed by atoms with Gasteiger partial charge in [-0.05, 0) is 68.4 Å². The summed E-state index contributed by atoms with van der Waals surface area (Å²) in [6.07, 6.45) is -0.364. The van der Waals surface area contributed by atoms with Gasteiger partial charge in [0, 0.05) is 44.4 Å². The van der Waals surface area contributed by atoms with E-state index in [0.29, 0.717) is 41.1 Å². The van der Waals surface area contributed by atoms with Crippen LogP contribution in [-0.2, 0) is 14.8 Å². The fourth-order valence-electron chi connectivity index (χ4n) is 5.88. The molecule has 0 radical (unpaired) electrons. The lowest BCUT2D eigenvalue weighted by atomic mass is 10.1. The topological polar surface area (TPSA) is 155 Å². The summed E-state index contributed by atoms with van der Waals surface area (Å²) >= 11 is 0. The lowest BCUT2D eigenvalue weighted by molar-refractivity contribution is -0.120. The largest absolute Gasteiger partial charge is 0.516 e. The van der Waals surface area contributed by atoms with Gasteiger partial charge in [0.2, 0.25) is 5.91 Å². The second kappa shape index (κ2) is 16.1. The summed E-state index contributed by atoms with van der Waals surface area (Å²) in [7, 11) is -2.88. The van der Waals surface area contributed by atoms with Crippen LogP contribution in [0.2, 0.25) is 0 Å². The average molecular weight is 764 g/mol. The van der Waals surface area contributed by atoms with Crippen LogP contribution in [-0.4, -0.2) is 87.4 Å². The van der Waals surface area contributed by atoms with Crippen LogP contribution < -0.4 is 35.0 Å². The number of methoxy groups -OCH3 is 2. The molecule has 53 heavy (non-hydrogen) atoms. The van der Waals surface area contributed by atoms with Gasteiger partial charge in [-0.25, -0.2) is 23.6 Å². The Hall–Kier alpha value is -5.43. The number of para-hydroxylation sites is 1. The molecule has 1 aromatic heterocycles. The summed E-state index contributed by atoms with van der Waals surface area (Å²) in [4.78, 5) is 48.5. The molecular formula is C34H37F4N7O7S. The fraction of sp³-hybridized carbons (Fsp3) is 0.353. The number of hydrogen-bond acceptors (Lipinski definition) is 10. The van der Waals surface area contributed by atoms with Gasteiger partial charge in [-0.1, -0.05) is 12.1 Å². The van der Waals surface area contributed by atoms with Crippen LogP contribution in [0.5, 0.6) is 11.5 Å². The molecule has 0 saturated carbocycles. The molecule has 0 aliphatic carbocycles. The lowest BCUT2D eigenvalue weighted by Crippen LogP contribution is -2.56. The van der Waals surface area contributed by atoms with E-state index in [4.69, 9.17) is 14.5 Å². The van der Waals surface area contributed by atoms with E-state index in [1.165, 1.54) is 48.1 Å². The zero-order chi connectivity index (χ0) is 38.5. The van der Waals surface area contributed by atoms with Gasteiger partial charge < -0.3 is 19.8 Å². The number of nitrogens with one attached hydrogen (secondary N) is 2. The van der Waals surface area contributed by atoms with Crippen molar-refractivity contribution in [2.75, 3.05) is 62.2 Å². The maximum Gasteiger partial charge on any atom is 0.516 e. The molecule has 0 bridgehead atoms. The van der Waals surface area contributed by atoms with Crippen LogP contribution in [0.15, 0.2) is 71.5 Å². The third kappa shape index (κ3) is 8.79. The van der Waals surface area contributed by atoms with Crippen molar-refractivity contribution in [2.45, 2.75) is 31.3 Å². The Morgan fingerprint density at radius 2 is 1.66 bits per heavy atom. The van der Waals surface area contributed by atoms with Crippen molar-refractivity contribution in [3.63, 3.8) is 0 Å². The molecule has 1 saturated heterocycles. The minimum Gasteiger partial charge on any atom is -0.497 e. The first kappa shape index (κ1) is 38.8.